The average Bonchev–Trinajstić information content (AvgIpc) is 2.24. The molecule has 0 bridgehead atoms. The van der Waals surface area contributed by atoms with E-state index in [1.54, 1.807) is 0 Å². The Labute approximate surface area is 110 Å². The molecule has 0 aromatic heterocycles. The molecule has 0 aliphatic heterocycles. The molecular formula is C9H13F3O5S2. The lowest BCUT2D eigenvalue weighted by Gasteiger charge is -2.07. The lowest BCUT2D eigenvalue weighted by molar-refractivity contribution is -0.0435. The van der Waals surface area contributed by atoms with Crippen LogP contribution in [0, 0.1) is 12.3 Å². The molecule has 5 nitrogen and oxygen atoms in total. The minimum Gasteiger partial charge on any atom is -0.257 e. The average molecular weight is 322 g/mol. The Morgan fingerprint density at radius 2 is 1.53 bits per heavy atom. The van der Waals surface area contributed by atoms with Gasteiger partial charge in [-0.25, -0.2) is 8.42 Å². The van der Waals surface area contributed by atoms with Crippen LogP contribution in [0.2, 0.25) is 0 Å². The number of rotatable bonds is 8. The van der Waals surface area contributed by atoms with Gasteiger partial charge in [0.25, 0.3) is 10.1 Å². The van der Waals surface area contributed by atoms with Crippen LogP contribution in [0.3, 0.4) is 0 Å². The van der Waals surface area contributed by atoms with Crippen molar-refractivity contribution in [1.82, 2.24) is 0 Å². The molecule has 0 aliphatic rings. The Bertz CT molecular complexity index is 513. The number of unbranched alkanes of at least 4 members (excludes halogenated alkanes) is 2. The number of sulfone groups is 1. The Kier molecular flexibility index (Phi) is 6.82. The number of alkyl halides is 3. The van der Waals surface area contributed by atoms with Crippen molar-refractivity contribution in [2.75, 3.05) is 18.1 Å². The van der Waals surface area contributed by atoms with Crippen LogP contribution in [0.15, 0.2) is 0 Å². The number of halogens is 3. The van der Waals surface area contributed by atoms with E-state index in [9.17, 15) is 30.0 Å². The fraction of sp³-hybridized carbons (Fsp3) is 0.778. The molecule has 0 aromatic rings. The van der Waals surface area contributed by atoms with Crippen molar-refractivity contribution in [3.8, 4) is 12.3 Å². The van der Waals surface area contributed by atoms with E-state index < -0.39 is 43.6 Å². The highest BCUT2D eigenvalue weighted by Crippen LogP contribution is 2.24. The molecular weight excluding hydrogens is 309 g/mol. The molecule has 0 saturated carbocycles. The number of hydrogen-bond donors (Lipinski definition) is 0. The molecule has 10 heteroatoms. The van der Waals surface area contributed by atoms with E-state index in [4.69, 9.17) is 6.42 Å². The second-order valence-electron chi connectivity index (χ2n) is 3.55. The van der Waals surface area contributed by atoms with Gasteiger partial charge in [0.2, 0.25) is 9.84 Å². The molecule has 0 heterocycles. The van der Waals surface area contributed by atoms with Crippen LogP contribution in [0.4, 0.5) is 13.2 Å². The summed E-state index contributed by atoms with van der Waals surface area (Å²) in [4.78, 5) is 0. The fourth-order valence-electron chi connectivity index (χ4n) is 1.05. The van der Waals surface area contributed by atoms with Crippen LogP contribution < -0.4 is 0 Å². The predicted octanol–water partition coefficient (Wildman–Crippen LogP) is 1.07. The summed E-state index contributed by atoms with van der Waals surface area (Å²) in [6.07, 6.45) is 4.54. The Morgan fingerprint density at radius 1 is 1.00 bits per heavy atom. The van der Waals surface area contributed by atoms with E-state index in [1.165, 1.54) is 0 Å². The van der Waals surface area contributed by atoms with Gasteiger partial charge < -0.3 is 0 Å². The molecule has 0 atom stereocenters. The normalized spacial score (nSPS) is 13.2. The molecule has 112 valence electrons. The highest BCUT2D eigenvalue weighted by Gasteiger charge is 2.44. The van der Waals surface area contributed by atoms with Crippen molar-refractivity contribution in [2.24, 2.45) is 0 Å². The fourth-order valence-corrected chi connectivity index (χ4v) is 2.78. The molecule has 0 spiro atoms. The maximum absolute atomic E-state index is 11.9. The predicted molar refractivity (Wildman–Crippen MR) is 62.3 cm³/mol. The minimum atomic E-state index is -5.27. The highest BCUT2D eigenvalue weighted by atomic mass is 32.2. The molecule has 0 radical (unpaired) electrons. The summed E-state index contributed by atoms with van der Waals surface area (Å²) in [5.41, 5.74) is -5.27. The first-order chi connectivity index (χ1) is 8.52. The third-order valence-electron chi connectivity index (χ3n) is 1.98. The maximum atomic E-state index is 11.9. The van der Waals surface area contributed by atoms with E-state index in [0.29, 0.717) is 0 Å². The summed E-state index contributed by atoms with van der Waals surface area (Å²) < 4.78 is 83.7. The zero-order valence-electron chi connectivity index (χ0n) is 9.81. The van der Waals surface area contributed by atoms with Crippen molar-refractivity contribution < 1.29 is 34.2 Å². The van der Waals surface area contributed by atoms with Gasteiger partial charge in [-0.3, -0.25) is 4.18 Å². The van der Waals surface area contributed by atoms with E-state index >= 15 is 0 Å². The second-order valence-corrected chi connectivity index (χ2v) is 7.41. The SMILES string of the molecule is C#CCOS(=O)(=O)CCCCCS(=O)(=O)C(F)(F)F. The highest BCUT2D eigenvalue weighted by molar-refractivity contribution is 7.92. The second kappa shape index (κ2) is 7.12. The van der Waals surface area contributed by atoms with Crippen LogP contribution in [-0.4, -0.2) is 40.5 Å². The summed E-state index contributed by atoms with van der Waals surface area (Å²) in [5.74, 6) is 0.486. The summed E-state index contributed by atoms with van der Waals surface area (Å²) in [6.45, 7) is -0.412. The first-order valence-corrected chi connectivity index (χ1v) is 8.34. The van der Waals surface area contributed by atoms with E-state index in [0.717, 1.165) is 0 Å². The van der Waals surface area contributed by atoms with Gasteiger partial charge in [0.15, 0.2) is 0 Å². The van der Waals surface area contributed by atoms with Gasteiger partial charge in [-0.05, 0) is 12.8 Å². The number of terminal acetylenes is 1. The van der Waals surface area contributed by atoms with Crippen LogP contribution >= 0.6 is 0 Å². The Balaban J connectivity index is 4.00. The Hall–Kier alpha value is -0.790. The van der Waals surface area contributed by atoms with E-state index in [1.807, 2.05) is 5.92 Å². The zero-order valence-corrected chi connectivity index (χ0v) is 11.4. The van der Waals surface area contributed by atoms with Gasteiger partial charge in [0, 0.05) is 0 Å². The van der Waals surface area contributed by atoms with Gasteiger partial charge >= 0.3 is 5.51 Å². The molecule has 0 unspecified atom stereocenters. The number of hydrogen-bond acceptors (Lipinski definition) is 5. The third-order valence-corrected chi connectivity index (χ3v) is 4.78. The monoisotopic (exact) mass is 322 g/mol. The third kappa shape index (κ3) is 7.39. The molecule has 19 heavy (non-hydrogen) atoms. The van der Waals surface area contributed by atoms with Crippen molar-refractivity contribution in [3.63, 3.8) is 0 Å². The zero-order chi connectivity index (χ0) is 15.2. The minimum absolute atomic E-state index is 0.000280. The van der Waals surface area contributed by atoms with Gasteiger partial charge in [-0.2, -0.15) is 21.6 Å². The van der Waals surface area contributed by atoms with Crippen LogP contribution in [0.5, 0.6) is 0 Å². The topological polar surface area (TPSA) is 77.5 Å². The molecule has 0 amide bonds. The molecule has 0 N–H and O–H groups in total. The van der Waals surface area contributed by atoms with Crippen molar-refractivity contribution in [3.05, 3.63) is 0 Å². The molecule has 0 aromatic carbocycles. The van der Waals surface area contributed by atoms with Gasteiger partial charge in [0.05, 0.1) is 11.5 Å². The lowest BCUT2D eigenvalue weighted by Crippen LogP contribution is -2.26. The Morgan fingerprint density at radius 3 is 2.00 bits per heavy atom. The largest absolute Gasteiger partial charge is 0.497 e. The summed E-state index contributed by atoms with van der Waals surface area (Å²) in [5, 5.41) is 0. The summed E-state index contributed by atoms with van der Waals surface area (Å²) in [6, 6.07) is 0. The maximum Gasteiger partial charge on any atom is 0.497 e. The smallest absolute Gasteiger partial charge is 0.257 e. The molecule has 0 aliphatic carbocycles. The van der Waals surface area contributed by atoms with Crippen molar-refractivity contribution in [2.45, 2.75) is 24.8 Å². The van der Waals surface area contributed by atoms with Crippen molar-refractivity contribution in [1.29, 1.82) is 0 Å². The molecule has 0 saturated heterocycles. The van der Waals surface area contributed by atoms with Gasteiger partial charge in [-0.15, -0.1) is 6.42 Å². The van der Waals surface area contributed by atoms with Crippen LogP contribution in [0.25, 0.3) is 0 Å². The van der Waals surface area contributed by atoms with E-state index in [2.05, 4.69) is 4.18 Å². The molecule has 0 rings (SSSR count). The van der Waals surface area contributed by atoms with Crippen LogP contribution in [0.1, 0.15) is 19.3 Å². The summed E-state index contributed by atoms with van der Waals surface area (Å²) in [7, 11) is -8.94. The van der Waals surface area contributed by atoms with Gasteiger partial charge in [0.1, 0.15) is 6.61 Å². The standard InChI is InChI=1S/C9H13F3O5S2/c1-2-6-17-19(15,16)8-5-3-4-7-18(13,14)9(10,11)12/h1H,3-8H2. The van der Waals surface area contributed by atoms with Gasteiger partial charge in [-0.1, -0.05) is 12.3 Å². The van der Waals surface area contributed by atoms with Crippen molar-refractivity contribution >= 4 is 20.0 Å². The lowest BCUT2D eigenvalue weighted by atomic mass is 10.3. The first kappa shape index (κ1) is 18.2. The van der Waals surface area contributed by atoms with Crippen LogP contribution in [-0.2, 0) is 24.1 Å². The first-order valence-electron chi connectivity index (χ1n) is 5.11. The van der Waals surface area contributed by atoms with E-state index in [-0.39, 0.29) is 19.3 Å². The molecule has 0 fully saturated rings. The quantitative estimate of drug-likeness (QED) is 0.379. The summed E-state index contributed by atoms with van der Waals surface area (Å²) >= 11 is 0.